The largest absolute Gasteiger partial charge is 0.306 e. The lowest BCUT2D eigenvalue weighted by atomic mass is 10.0. The molecule has 2 aromatic rings. The molecule has 1 aromatic carbocycles. The van der Waals surface area contributed by atoms with Gasteiger partial charge in [0.15, 0.2) is 0 Å². The standard InChI is InChI=1S/C16H20N2.ClH/c1-2-7-16(15-9-4-3-5-10-15)18-13-14-8-6-11-17-12-14;/h3-6,8-12,16,18H,2,7,13H2,1H3;1H. The molecule has 1 atom stereocenters. The van der Waals surface area contributed by atoms with Crippen molar-refractivity contribution in [3.63, 3.8) is 0 Å². The van der Waals surface area contributed by atoms with Crippen molar-refractivity contribution < 1.29 is 0 Å². The third-order valence-corrected chi connectivity index (χ3v) is 3.05. The van der Waals surface area contributed by atoms with E-state index in [1.807, 2.05) is 18.5 Å². The van der Waals surface area contributed by atoms with Crippen LogP contribution in [0.15, 0.2) is 54.9 Å². The summed E-state index contributed by atoms with van der Waals surface area (Å²) in [6.07, 6.45) is 6.06. The highest BCUT2D eigenvalue weighted by molar-refractivity contribution is 5.85. The molecule has 0 bridgehead atoms. The Labute approximate surface area is 121 Å². The third kappa shape index (κ3) is 5.01. The smallest absolute Gasteiger partial charge is 0.0323 e. The molecule has 0 saturated carbocycles. The zero-order valence-corrected chi connectivity index (χ0v) is 12.1. The molecule has 2 rings (SSSR count). The minimum absolute atomic E-state index is 0. The number of hydrogen-bond donors (Lipinski definition) is 1. The Hall–Kier alpha value is -1.38. The normalized spacial score (nSPS) is 11.6. The Morgan fingerprint density at radius 3 is 2.53 bits per heavy atom. The van der Waals surface area contributed by atoms with Crippen LogP contribution in [-0.4, -0.2) is 4.98 Å². The van der Waals surface area contributed by atoms with Crippen molar-refractivity contribution in [3.8, 4) is 0 Å². The maximum absolute atomic E-state index is 4.14. The third-order valence-electron chi connectivity index (χ3n) is 3.05. The lowest BCUT2D eigenvalue weighted by Crippen LogP contribution is -2.20. The molecule has 0 spiro atoms. The van der Waals surface area contributed by atoms with Gasteiger partial charge in [0, 0.05) is 25.0 Å². The van der Waals surface area contributed by atoms with Gasteiger partial charge in [0.2, 0.25) is 0 Å². The second kappa shape index (κ2) is 8.68. The first-order chi connectivity index (χ1) is 8.90. The Bertz CT molecular complexity index is 445. The van der Waals surface area contributed by atoms with E-state index >= 15 is 0 Å². The molecule has 0 fully saturated rings. The first kappa shape index (κ1) is 15.7. The van der Waals surface area contributed by atoms with Crippen molar-refractivity contribution in [1.29, 1.82) is 0 Å². The van der Waals surface area contributed by atoms with Crippen LogP contribution in [0, 0.1) is 0 Å². The molecule has 3 heteroatoms. The summed E-state index contributed by atoms with van der Waals surface area (Å²) in [5.74, 6) is 0. The van der Waals surface area contributed by atoms with Crippen molar-refractivity contribution in [2.45, 2.75) is 32.4 Å². The number of aromatic nitrogens is 1. The number of halogens is 1. The number of rotatable bonds is 6. The highest BCUT2D eigenvalue weighted by atomic mass is 35.5. The SMILES string of the molecule is CCCC(NCc1cccnc1)c1ccccc1.Cl. The van der Waals surface area contributed by atoms with Gasteiger partial charge >= 0.3 is 0 Å². The minimum atomic E-state index is 0. The van der Waals surface area contributed by atoms with Crippen molar-refractivity contribution in [2.24, 2.45) is 0 Å². The second-order valence-electron chi connectivity index (χ2n) is 4.49. The molecular weight excluding hydrogens is 256 g/mol. The Kier molecular flexibility index (Phi) is 7.16. The summed E-state index contributed by atoms with van der Waals surface area (Å²) in [7, 11) is 0. The van der Waals surface area contributed by atoms with Gasteiger partial charge in [-0.15, -0.1) is 12.4 Å². The van der Waals surface area contributed by atoms with Crippen molar-refractivity contribution in [2.75, 3.05) is 0 Å². The summed E-state index contributed by atoms with van der Waals surface area (Å²) >= 11 is 0. The van der Waals surface area contributed by atoms with Crippen LogP contribution < -0.4 is 5.32 Å². The Balaban J connectivity index is 0.00000180. The number of nitrogens with one attached hydrogen (secondary N) is 1. The Morgan fingerprint density at radius 1 is 1.11 bits per heavy atom. The van der Waals surface area contributed by atoms with Gasteiger partial charge < -0.3 is 5.32 Å². The molecule has 1 N–H and O–H groups in total. The number of hydrogen-bond acceptors (Lipinski definition) is 2. The van der Waals surface area contributed by atoms with E-state index < -0.39 is 0 Å². The summed E-state index contributed by atoms with van der Waals surface area (Å²) in [6.45, 7) is 3.09. The van der Waals surface area contributed by atoms with E-state index in [0.717, 1.165) is 13.0 Å². The first-order valence-corrected chi connectivity index (χ1v) is 6.57. The van der Waals surface area contributed by atoms with Crippen molar-refractivity contribution >= 4 is 12.4 Å². The number of benzene rings is 1. The summed E-state index contributed by atoms with van der Waals surface area (Å²) in [5, 5.41) is 3.61. The van der Waals surface area contributed by atoms with Gasteiger partial charge in [-0.2, -0.15) is 0 Å². The van der Waals surface area contributed by atoms with Crippen LogP contribution in [0.3, 0.4) is 0 Å². The molecule has 0 aliphatic heterocycles. The number of nitrogens with zero attached hydrogens (tertiary/aromatic N) is 1. The van der Waals surface area contributed by atoms with Gasteiger partial charge in [0.25, 0.3) is 0 Å². The molecule has 102 valence electrons. The van der Waals surface area contributed by atoms with Gasteiger partial charge in [-0.25, -0.2) is 0 Å². The molecule has 1 heterocycles. The first-order valence-electron chi connectivity index (χ1n) is 6.57. The zero-order valence-electron chi connectivity index (χ0n) is 11.3. The topological polar surface area (TPSA) is 24.9 Å². The molecule has 19 heavy (non-hydrogen) atoms. The van der Waals surface area contributed by atoms with Gasteiger partial charge in [-0.05, 0) is 23.6 Å². The zero-order chi connectivity index (χ0) is 12.6. The fourth-order valence-electron chi connectivity index (χ4n) is 2.10. The molecule has 0 amide bonds. The molecule has 2 nitrogen and oxygen atoms in total. The maximum Gasteiger partial charge on any atom is 0.0323 e. The molecule has 1 unspecified atom stereocenters. The van der Waals surface area contributed by atoms with Crippen LogP contribution in [0.2, 0.25) is 0 Å². The van der Waals surface area contributed by atoms with Gasteiger partial charge in [-0.1, -0.05) is 49.7 Å². The van der Waals surface area contributed by atoms with E-state index in [-0.39, 0.29) is 12.4 Å². The summed E-state index contributed by atoms with van der Waals surface area (Å²) in [5.41, 5.74) is 2.60. The van der Waals surface area contributed by atoms with Crippen LogP contribution in [0.1, 0.15) is 36.9 Å². The van der Waals surface area contributed by atoms with E-state index in [0.29, 0.717) is 6.04 Å². The lowest BCUT2D eigenvalue weighted by molar-refractivity contribution is 0.493. The summed E-state index contributed by atoms with van der Waals surface area (Å²) in [6, 6.07) is 15.2. The van der Waals surface area contributed by atoms with E-state index in [1.165, 1.54) is 17.5 Å². The van der Waals surface area contributed by atoms with Crippen molar-refractivity contribution in [1.82, 2.24) is 10.3 Å². The van der Waals surface area contributed by atoms with Crippen molar-refractivity contribution in [3.05, 3.63) is 66.0 Å². The van der Waals surface area contributed by atoms with Gasteiger partial charge in [0.1, 0.15) is 0 Å². The molecule has 0 radical (unpaired) electrons. The average molecular weight is 277 g/mol. The highest BCUT2D eigenvalue weighted by Crippen LogP contribution is 2.18. The molecule has 0 aliphatic carbocycles. The fraction of sp³-hybridized carbons (Fsp3) is 0.312. The molecule has 0 saturated heterocycles. The fourth-order valence-corrected chi connectivity index (χ4v) is 2.10. The highest BCUT2D eigenvalue weighted by Gasteiger charge is 2.09. The van der Waals surface area contributed by atoms with E-state index in [9.17, 15) is 0 Å². The summed E-state index contributed by atoms with van der Waals surface area (Å²) < 4.78 is 0. The number of pyridine rings is 1. The predicted molar refractivity (Wildman–Crippen MR) is 82.4 cm³/mol. The van der Waals surface area contributed by atoms with E-state index in [2.05, 4.69) is 53.6 Å². The van der Waals surface area contributed by atoms with Crippen LogP contribution in [-0.2, 0) is 6.54 Å². The quantitative estimate of drug-likeness (QED) is 0.858. The maximum atomic E-state index is 4.14. The van der Waals surface area contributed by atoms with E-state index in [4.69, 9.17) is 0 Å². The van der Waals surface area contributed by atoms with Crippen LogP contribution in [0.4, 0.5) is 0 Å². The van der Waals surface area contributed by atoms with E-state index in [1.54, 1.807) is 0 Å². The average Bonchev–Trinajstić information content (AvgIpc) is 2.45. The van der Waals surface area contributed by atoms with Crippen LogP contribution in [0.25, 0.3) is 0 Å². The monoisotopic (exact) mass is 276 g/mol. The molecular formula is C16H21ClN2. The Morgan fingerprint density at radius 2 is 1.89 bits per heavy atom. The minimum Gasteiger partial charge on any atom is -0.306 e. The molecule has 1 aromatic heterocycles. The summed E-state index contributed by atoms with van der Waals surface area (Å²) in [4.78, 5) is 4.14. The van der Waals surface area contributed by atoms with Crippen LogP contribution in [0.5, 0.6) is 0 Å². The second-order valence-corrected chi connectivity index (χ2v) is 4.49. The van der Waals surface area contributed by atoms with Crippen LogP contribution >= 0.6 is 12.4 Å². The van der Waals surface area contributed by atoms with Gasteiger partial charge in [0.05, 0.1) is 0 Å². The van der Waals surface area contributed by atoms with Gasteiger partial charge in [-0.3, -0.25) is 4.98 Å². The predicted octanol–water partition coefficient (Wildman–Crippen LogP) is 4.13. The lowest BCUT2D eigenvalue weighted by Gasteiger charge is -2.18. The molecule has 0 aliphatic rings.